The van der Waals surface area contributed by atoms with Crippen LogP contribution in [0.3, 0.4) is 0 Å². The minimum atomic E-state index is -0.261. The molecular formula is C17H22N4O. The van der Waals surface area contributed by atoms with Gasteiger partial charge in [-0.3, -0.25) is 4.79 Å². The molecule has 0 saturated carbocycles. The second kappa shape index (κ2) is 6.13. The SMILES string of the molecule is Cc1ccc(C)c(NC(=O)c2ccc(NC(C)(C)C)nn2)c1. The molecule has 1 amide bonds. The molecule has 1 aromatic carbocycles. The number of amides is 1. The number of aromatic nitrogens is 2. The number of carbonyl (C=O) groups excluding carboxylic acids is 1. The lowest BCUT2D eigenvalue weighted by atomic mass is 10.1. The van der Waals surface area contributed by atoms with Gasteiger partial charge < -0.3 is 10.6 Å². The van der Waals surface area contributed by atoms with Crippen molar-refractivity contribution in [3.63, 3.8) is 0 Å². The lowest BCUT2D eigenvalue weighted by molar-refractivity contribution is 0.102. The number of hydrogen-bond donors (Lipinski definition) is 2. The third-order valence-electron chi connectivity index (χ3n) is 3.04. The van der Waals surface area contributed by atoms with Gasteiger partial charge in [-0.25, -0.2) is 0 Å². The fourth-order valence-corrected chi connectivity index (χ4v) is 1.96. The van der Waals surface area contributed by atoms with E-state index < -0.39 is 0 Å². The van der Waals surface area contributed by atoms with Crippen LogP contribution in [0.15, 0.2) is 30.3 Å². The Bertz CT molecular complexity index is 672. The Kier molecular flexibility index (Phi) is 4.45. The van der Waals surface area contributed by atoms with Gasteiger partial charge in [-0.15, -0.1) is 10.2 Å². The predicted molar refractivity (Wildman–Crippen MR) is 89.3 cm³/mol. The predicted octanol–water partition coefficient (Wildman–Crippen LogP) is 3.56. The van der Waals surface area contributed by atoms with Crippen LogP contribution in [-0.2, 0) is 0 Å². The first kappa shape index (κ1) is 15.9. The molecule has 0 radical (unpaired) electrons. The molecule has 0 unspecified atom stereocenters. The summed E-state index contributed by atoms with van der Waals surface area (Å²) < 4.78 is 0. The van der Waals surface area contributed by atoms with Gasteiger partial charge in [0.2, 0.25) is 0 Å². The van der Waals surface area contributed by atoms with Crippen LogP contribution in [0.2, 0.25) is 0 Å². The molecule has 0 saturated heterocycles. The Morgan fingerprint density at radius 2 is 1.77 bits per heavy atom. The molecule has 116 valence electrons. The highest BCUT2D eigenvalue weighted by Gasteiger charge is 2.13. The van der Waals surface area contributed by atoms with E-state index in [4.69, 9.17) is 0 Å². The van der Waals surface area contributed by atoms with Crippen LogP contribution in [0.5, 0.6) is 0 Å². The van der Waals surface area contributed by atoms with E-state index in [2.05, 4.69) is 20.8 Å². The molecule has 22 heavy (non-hydrogen) atoms. The molecular weight excluding hydrogens is 276 g/mol. The molecule has 0 atom stereocenters. The maximum Gasteiger partial charge on any atom is 0.276 e. The monoisotopic (exact) mass is 298 g/mol. The Morgan fingerprint density at radius 3 is 2.36 bits per heavy atom. The zero-order valence-corrected chi connectivity index (χ0v) is 13.7. The number of hydrogen-bond acceptors (Lipinski definition) is 4. The zero-order valence-electron chi connectivity index (χ0n) is 13.7. The van der Waals surface area contributed by atoms with Gasteiger partial charge in [-0.05, 0) is 63.9 Å². The molecule has 1 aromatic heterocycles. The number of nitrogens with one attached hydrogen (secondary N) is 2. The van der Waals surface area contributed by atoms with Crippen LogP contribution >= 0.6 is 0 Å². The topological polar surface area (TPSA) is 66.9 Å². The maximum atomic E-state index is 12.2. The quantitative estimate of drug-likeness (QED) is 0.909. The highest BCUT2D eigenvalue weighted by atomic mass is 16.1. The van der Waals surface area contributed by atoms with Crippen molar-refractivity contribution < 1.29 is 4.79 Å². The van der Waals surface area contributed by atoms with Crippen molar-refractivity contribution in [3.8, 4) is 0 Å². The molecule has 0 bridgehead atoms. The average molecular weight is 298 g/mol. The van der Waals surface area contributed by atoms with Gasteiger partial charge in [-0.1, -0.05) is 12.1 Å². The number of benzene rings is 1. The molecule has 5 heteroatoms. The molecule has 0 spiro atoms. The van der Waals surface area contributed by atoms with Gasteiger partial charge in [0.25, 0.3) is 5.91 Å². The molecule has 0 aliphatic rings. The van der Waals surface area contributed by atoms with Gasteiger partial charge in [0.1, 0.15) is 5.82 Å². The van der Waals surface area contributed by atoms with E-state index in [0.717, 1.165) is 16.8 Å². The smallest absolute Gasteiger partial charge is 0.276 e. The fraction of sp³-hybridized carbons (Fsp3) is 0.353. The van der Waals surface area contributed by atoms with Crippen molar-refractivity contribution >= 4 is 17.4 Å². The Hall–Kier alpha value is -2.43. The van der Waals surface area contributed by atoms with Crippen molar-refractivity contribution in [1.29, 1.82) is 0 Å². The number of nitrogens with zero attached hydrogens (tertiary/aromatic N) is 2. The van der Waals surface area contributed by atoms with E-state index in [9.17, 15) is 4.79 Å². The van der Waals surface area contributed by atoms with E-state index in [1.807, 2.05) is 52.8 Å². The summed E-state index contributed by atoms with van der Waals surface area (Å²) in [6, 6.07) is 9.36. The first-order chi connectivity index (χ1) is 10.2. The summed E-state index contributed by atoms with van der Waals surface area (Å²) in [4.78, 5) is 12.2. The summed E-state index contributed by atoms with van der Waals surface area (Å²) in [5.74, 6) is 0.388. The van der Waals surface area contributed by atoms with Crippen molar-refractivity contribution in [2.45, 2.75) is 40.2 Å². The summed E-state index contributed by atoms with van der Waals surface area (Å²) in [5, 5.41) is 14.1. The second-order valence-electron chi connectivity index (χ2n) is 6.45. The van der Waals surface area contributed by atoms with Crippen molar-refractivity contribution in [2.75, 3.05) is 10.6 Å². The average Bonchev–Trinajstić information content (AvgIpc) is 2.42. The first-order valence-corrected chi connectivity index (χ1v) is 7.25. The van der Waals surface area contributed by atoms with Gasteiger partial charge in [0.15, 0.2) is 5.69 Å². The molecule has 0 aliphatic carbocycles. The van der Waals surface area contributed by atoms with Crippen LogP contribution in [0, 0.1) is 13.8 Å². The highest BCUT2D eigenvalue weighted by Crippen LogP contribution is 2.17. The summed E-state index contributed by atoms with van der Waals surface area (Å²) in [6.45, 7) is 10.1. The van der Waals surface area contributed by atoms with E-state index >= 15 is 0 Å². The first-order valence-electron chi connectivity index (χ1n) is 7.25. The van der Waals surface area contributed by atoms with Crippen LogP contribution in [0.25, 0.3) is 0 Å². The van der Waals surface area contributed by atoms with E-state index in [1.54, 1.807) is 12.1 Å². The standard InChI is InChI=1S/C17H22N4O/c1-11-6-7-12(2)14(10-11)18-16(22)13-8-9-15(21-20-13)19-17(3,4)5/h6-10H,1-5H3,(H,18,22)(H,19,21). The highest BCUT2D eigenvalue weighted by molar-refractivity contribution is 6.03. The molecule has 1 heterocycles. The van der Waals surface area contributed by atoms with Crippen LogP contribution in [-0.4, -0.2) is 21.6 Å². The van der Waals surface area contributed by atoms with Crippen LogP contribution in [0.4, 0.5) is 11.5 Å². The molecule has 0 fully saturated rings. The molecule has 2 rings (SSSR count). The molecule has 5 nitrogen and oxygen atoms in total. The number of rotatable bonds is 3. The van der Waals surface area contributed by atoms with Crippen molar-refractivity contribution in [1.82, 2.24) is 10.2 Å². The number of aryl methyl sites for hydroxylation is 2. The van der Waals surface area contributed by atoms with Gasteiger partial charge in [-0.2, -0.15) is 0 Å². The van der Waals surface area contributed by atoms with Crippen molar-refractivity contribution in [3.05, 3.63) is 47.2 Å². The fourth-order valence-electron chi connectivity index (χ4n) is 1.96. The van der Waals surface area contributed by atoms with Crippen LogP contribution < -0.4 is 10.6 Å². The van der Waals surface area contributed by atoms with Gasteiger partial charge >= 0.3 is 0 Å². The number of anilines is 2. The maximum absolute atomic E-state index is 12.2. The normalized spacial score (nSPS) is 11.1. The van der Waals surface area contributed by atoms with Crippen molar-refractivity contribution in [2.24, 2.45) is 0 Å². The lowest BCUT2D eigenvalue weighted by Gasteiger charge is -2.20. The Labute approximate surface area is 131 Å². The third kappa shape index (κ3) is 4.28. The van der Waals surface area contributed by atoms with E-state index in [1.165, 1.54) is 0 Å². The molecule has 2 N–H and O–H groups in total. The summed E-state index contributed by atoms with van der Waals surface area (Å²) in [5.41, 5.74) is 3.09. The Morgan fingerprint density at radius 1 is 1.05 bits per heavy atom. The summed E-state index contributed by atoms with van der Waals surface area (Å²) in [7, 11) is 0. The molecule has 0 aliphatic heterocycles. The minimum Gasteiger partial charge on any atom is -0.364 e. The van der Waals surface area contributed by atoms with Gasteiger partial charge in [0.05, 0.1) is 0 Å². The van der Waals surface area contributed by atoms with Crippen LogP contribution in [0.1, 0.15) is 42.4 Å². The number of carbonyl (C=O) groups is 1. The van der Waals surface area contributed by atoms with E-state index in [-0.39, 0.29) is 11.4 Å². The summed E-state index contributed by atoms with van der Waals surface area (Å²) in [6.07, 6.45) is 0. The second-order valence-corrected chi connectivity index (χ2v) is 6.45. The summed E-state index contributed by atoms with van der Waals surface area (Å²) >= 11 is 0. The lowest BCUT2D eigenvalue weighted by Crippen LogP contribution is -2.27. The zero-order chi connectivity index (χ0) is 16.3. The molecule has 2 aromatic rings. The van der Waals surface area contributed by atoms with Gasteiger partial charge in [0, 0.05) is 11.2 Å². The largest absolute Gasteiger partial charge is 0.364 e. The minimum absolute atomic E-state index is 0.100. The third-order valence-corrected chi connectivity index (χ3v) is 3.04. The van der Waals surface area contributed by atoms with E-state index in [0.29, 0.717) is 11.5 Å². The Balaban J connectivity index is 2.11.